The quantitative estimate of drug-likeness (QED) is 0.607. The number of nitro benzene ring substituents is 1. The molecule has 2 fully saturated rings. The van der Waals surface area contributed by atoms with Gasteiger partial charge in [-0.05, 0) is 31.2 Å². The summed E-state index contributed by atoms with van der Waals surface area (Å²) < 4.78 is 5.22. The van der Waals surface area contributed by atoms with Crippen LogP contribution in [0.2, 0.25) is 0 Å². The number of carbonyl (C=O) groups is 1. The molecule has 0 aromatic heterocycles. The molecular weight excluding hydrogens is 364 g/mol. The summed E-state index contributed by atoms with van der Waals surface area (Å²) in [6, 6.07) is 3.36. The minimum atomic E-state index is -0.832. The average molecular weight is 392 g/mol. The summed E-state index contributed by atoms with van der Waals surface area (Å²) in [4.78, 5) is 27.9. The Morgan fingerprint density at radius 3 is 2.39 bits per heavy atom. The number of rotatable bonds is 5. The lowest BCUT2D eigenvalue weighted by Crippen LogP contribution is -2.50. The van der Waals surface area contributed by atoms with Crippen molar-refractivity contribution in [2.45, 2.75) is 19.8 Å². The molecule has 2 aliphatic heterocycles. The Labute approximate surface area is 164 Å². The van der Waals surface area contributed by atoms with Gasteiger partial charge in [0.25, 0.3) is 0 Å². The maximum atomic E-state index is 11.2. The van der Waals surface area contributed by atoms with E-state index in [9.17, 15) is 14.9 Å². The van der Waals surface area contributed by atoms with Crippen LogP contribution in [0.3, 0.4) is 0 Å². The fourth-order valence-electron chi connectivity index (χ4n) is 4.15. The Bertz CT molecular complexity index is 725. The number of piperazine rings is 1. The third kappa shape index (κ3) is 4.46. The summed E-state index contributed by atoms with van der Waals surface area (Å²) in [5.41, 5.74) is 1.88. The number of benzene rings is 1. The summed E-state index contributed by atoms with van der Waals surface area (Å²) in [6.45, 7) is 7.46. The predicted molar refractivity (Wildman–Crippen MR) is 105 cm³/mol. The molecule has 0 aliphatic carbocycles. The highest BCUT2D eigenvalue weighted by Gasteiger charge is 2.27. The molecule has 0 saturated carbocycles. The number of ether oxygens (including phenoxy) is 1. The third-order valence-corrected chi connectivity index (χ3v) is 5.81. The Hall–Kier alpha value is -2.55. The highest BCUT2D eigenvalue weighted by Crippen LogP contribution is 2.36. The molecule has 3 rings (SSSR count). The van der Waals surface area contributed by atoms with Crippen LogP contribution >= 0.6 is 0 Å². The molecule has 1 aromatic carbocycles. The van der Waals surface area contributed by atoms with Gasteiger partial charge in [0, 0.05) is 63.6 Å². The van der Waals surface area contributed by atoms with Crippen molar-refractivity contribution in [2.75, 3.05) is 57.8 Å². The van der Waals surface area contributed by atoms with Gasteiger partial charge in [-0.25, -0.2) is 4.79 Å². The van der Waals surface area contributed by atoms with Gasteiger partial charge < -0.3 is 19.6 Å². The predicted octanol–water partition coefficient (Wildman–Crippen LogP) is 2.42. The molecule has 28 heavy (non-hydrogen) atoms. The first kappa shape index (κ1) is 20.2. The van der Waals surface area contributed by atoms with Crippen molar-refractivity contribution >= 4 is 17.5 Å². The van der Waals surface area contributed by atoms with Crippen LogP contribution in [0.15, 0.2) is 12.1 Å². The highest BCUT2D eigenvalue weighted by atomic mass is 16.6. The summed E-state index contributed by atoms with van der Waals surface area (Å²) in [5, 5.41) is 20.2. The molecule has 1 amide bonds. The molecule has 2 heterocycles. The summed E-state index contributed by atoms with van der Waals surface area (Å²) in [6.07, 6.45) is 1.28. The molecule has 0 unspecified atom stereocenters. The molecular formula is C19H28N4O5. The number of carboxylic acid groups (broad SMARTS) is 1. The number of anilines is 1. The number of amides is 1. The molecule has 0 bridgehead atoms. The second-order valence-electron chi connectivity index (χ2n) is 7.57. The van der Waals surface area contributed by atoms with Crippen LogP contribution in [0.25, 0.3) is 0 Å². The second-order valence-corrected chi connectivity index (χ2v) is 7.57. The van der Waals surface area contributed by atoms with Gasteiger partial charge in [0.1, 0.15) is 0 Å². The van der Waals surface area contributed by atoms with Crippen molar-refractivity contribution in [1.82, 2.24) is 9.80 Å². The number of methoxy groups -OCH3 is 1. The van der Waals surface area contributed by atoms with Crippen LogP contribution in [0.4, 0.5) is 16.2 Å². The van der Waals surface area contributed by atoms with Crippen LogP contribution < -0.4 is 9.64 Å². The third-order valence-electron chi connectivity index (χ3n) is 5.81. The maximum absolute atomic E-state index is 11.2. The lowest BCUT2D eigenvalue weighted by atomic mass is 9.95. The smallest absolute Gasteiger partial charge is 0.407 e. The summed E-state index contributed by atoms with van der Waals surface area (Å²) in [5.74, 6) is 0.886. The van der Waals surface area contributed by atoms with Gasteiger partial charge in [-0.2, -0.15) is 0 Å². The fraction of sp³-hybridized carbons (Fsp3) is 0.632. The van der Waals surface area contributed by atoms with Crippen LogP contribution in [0, 0.1) is 23.0 Å². The Morgan fingerprint density at radius 1 is 1.21 bits per heavy atom. The number of aryl methyl sites for hydroxylation is 1. The number of piperidine rings is 1. The highest BCUT2D eigenvalue weighted by molar-refractivity contribution is 5.65. The van der Waals surface area contributed by atoms with Gasteiger partial charge in [0.2, 0.25) is 0 Å². The molecule has 9 heteroatoms. The monoisotopic (exact) mass is 392 g/mol. The van der Waals surface area contributed by atoms with E-state index in [4.69, 9.17) is 9.84 Å². The van der Waals surface area contributed by atoms with E-state index in [1.54, 1.807) is 12.1 Å². The van der Waals surface area contributed by atoms with Crippen molar-refractivity contribution in [1.29, 1.82) is 0 Å². The Balaban J connectivity index is 1.56. The molecule has 9 nitrogen and oxygen atoms in total. The molecule has 2 aliphatic rings. The topological polar surface area (TPSA) is 99.4 Å². The van der Waals surface area contributed by atoms with Crippen molar-refractivity contribution in [2.24, 2.45) is 5.92 Å². The lowest BCUT2D eigenvalue weighted by Gasteiger charge is -2.39. The van der Waals surface area contributed by atoms with E-state index in [0.29, 0.717) is 24.8 Å². The number of nitro groups is 1. The SMILES string of the molecule is COc1cc(N2CCC(CN3CCN(C(=O)O)CC3)CC2)c(C)cc1[N+](=O)[O-]. The van der Waals surface area contributed by atoms with Gasteiger partial charge in [-0.3, -0.25) is 15.0 Å². The Morgan fingerprint density at radius 2 is 1.86 bits per heavy atom. The standard InChI is InChI=1S/C19H28N4O5/c1-14-11-17(23(26)27)18(28-2)12-16(14)21-5-3-15(4-6-21)13-20-7-9-22(10-8-20)19(24)25/h11-12,15H,3-10,13H2,1-2H3,(H,24,25). The van der Waals surface area contributed by atoms with Gasteiger partial charge >= 0.3 is 11.8 Å². The van der Waals surface area contributed by atoms with E-state index in [2.05, 4.69) is 9.80 Å². The zero-order valence-corrected chi connectivity index (χ0v) is 16.5. The maximum Gasteiger partial charge on any atom is 0.407 e. The van der Waals surface area contributed by atoms with Crippen molar-refractivity contribution in [3.05, 3.63) is 27.8 Å². The van der Waals surface area contributed by atoms with Crippen molar-refractivity contribution < 1.29 is 19.6 Å². The number of hydrogen-bond acceptors (Lipinski definition) is 6. The van der Waals surface area contributed by atoms with Gasteiger partial charge in [-0.1, -0.05) is 0 Å². The number of hydrogen-bond donors (Lipinski definition) is 1. The van der Waals surface area contributed by atoms with E-state index >= 15 is 0 Å². The average Bonchev–Trinajstić information content (AvgIpc) is 2.69. The lowest BCUT2D eigenvalue weighted by molar-refractivity contribution is -0.385. The van der Waals surface area contributed by atoms with E-state index in [1.165, 1.54) is 12.0 Å². The molecule has 2 saturated heterocycles. The van der Waals surface area contributed by atoms with E-state index in [-0.39, 0.29) is 5.69 Å². The largest absolute Gasteiger partial charge is 0.490 e. The second kappa shape index (κ2) is 8.64. The molecule has 0 atom stereocenters. The van der Waals surface area contributed by atoms with Gasteiger partial charge in [-0.15, -0.1) is 0 Å². The molecule has 1 aromatic rings. The number of nitrogens with zero attached hydrogens (tertiary/aromatic N) is 4. The minimum absolute atomic E-state index is 0.000797. The zero-order chi connectivity index (χ0) is 20.3. The van der Waals surface area contributed by atoms with Crippen molar-refractivity contribution in [3.8, 4) is 5.75 Å². The van der Waals surface area contributed by atoms with Crippen LogP contribution in [0.1, 0.15) is 18.4 Å². The normalized spacial score (nSPS) is 18.9. The first-order valence-corrected chi connectivity index (χ1v) is 9.67. The van der Waals surface area contributed by atoms with Gasteiger partial charge in [0.05, 0.1) is 12.0 Å². The van der Waals surface area contributed by atoms with Crippen LogP contribution in [-0.4, -0.2) is 78.8 Å². The molecule has 0 spiro atoms. The van der Waals surface area contributed by atoms with E-state index in [1.807, 2.05) is 6.92 Å². The molecule has 1 N–H and O–H groups in total. The van der Waals surface area contributed by atoms with Crippen LogP contribution in [-0.2, 0) is 0 Å². The zero-order valence-electron chi connectivity index (χ0n) is 16.5. The Kier molecular flexibility index (Phi) is 6.23. The summed E-state index contributed by atoms with van der Waals surface area (Å²) >= 11 is 0. The van der Waals surface area contributed by atoms with E-state index in [0.717, 1.165) is 56.8 Å². The van der Waals surface area contributed by atoms with E-state index < -0.39 is 11.0 Å². The minimum Gasteiger partial charge on any atom is -0.490 e. The first-order chi connectivity index (χ1) is 13.4. The van der Waals surface area contributed by atoms with Crippen LogP contribution in [0.5, 0.6) is 5.75 Å². The van der Waals surface area contributed by atoms with Crippen molar-refractivity contribution in [3.63, 3.8) is 0 Å². The van der Waals surface area contributed by atoms with Gasteiger partial charge in [0.15, 0.2) is 5.75 Å². The fourth-order valence-corrected chi connectivity index (χ4v) is 4.15. The summed E-state index contributed by atoms with van der Waals surface area (Å²) in [7, 11) is 1.46. The molecule has 0 radical (unpaired) electrons. The molecule has 154 valence electrons. The first-order valence-electron chi connectivity index (χ1n) is 9.67.